The lowest BCUT2D eigenvalue weighted by Gasteiger charge is -2.16. The normalized spacial score (nSPS) is 12.4. The van der Waals surface area contributed by atoms with Gasteiger partial charge in [0.1, 0.15) is 35.0 Å². The number of ketones is 1. The van der Waals surface area contributed by atoms with E-state index < -0.39 is 59.1 Å². The molecule has 8 rings (SSSR count). The number of H-pyrrole nitrogens is 2. The van der Waals surface area contributed by atoms with E-state index in [-0.39, 0.29) is 61.8 Å². The third-order valence-corrected chi connectivity index (χ3v) is 13.1. The van der Waals surface area contributed by atoms with Crippen LogP contribution in [0.15, 0.2) is 125 Å². The number of aromatic amines is 2. The molecule has 0 fully saturated rings. The first-order valence-electron chi connectivity index (χ1n) is 19.8. The predicted molar refractivity (Wildman–Crippen MR) is 245 cm³/mol. The fourth-order valence-electron chi connectivity index (χ4n) is 6.76. The van der Waals surface area contributed by atoms with Gasteiger partial charge >= 0.3 is 12.4 Å². The zero-order valence-corrected chi connectivity index (χ0v) is 38.8. The van der Waals surface area contributed by atoms with E-state index in [1.54, 1.807) is 37.5 Å². The Balaban J connectivity index is 0.000000205. The van der Waals surface area contributed by atoms with Gasteiger partial charge in [-0.2, -0.15) is 26.3 Å². The van der Waals surface area contributed by atoms with Gasteiger partial charge in [0.15, 0.2) is 0 Å². The molecule has 0 saturated heterocycles. The summed E-state index contributed by atoms with van der Waals surface area (Å²) in [4.78, 5) is 39.7. The smallest absolute Gasteiger partial charge is 0.396 e. The maximum atomic E-state index is 13.4. The van der Waals surface area contributed by atoms with Crippen LogP contribution in [0.2, 0.25) is 10.0 Å². The van der Waals surface area contributed by atoms with Crippen molar-refractivity contribution in [1.29, 1.82) is 0 Å². The molecular weight excluding hydrogens is 1000 g/mol. The summed E-state index contributed by atoms with van der Waals surface area (Å²) in [5.41, 5.74) is -1.10. The third-order valence-electron chi connectivity index (χ3n) is 9.99. The first kappa shape index (κ1) is 49.8. The first-order chi connectivity index (χ1) is 32.5. The van der Waals surface area contributed by atoms with E-state index in [9.17, 15) is 48.0 Å². The second-order valence-corrected chi connectivity index (χ2v) is 18.9. The number of hydrogen-bond donors (Lipinski definition) is 4. The van der Waals surface area contributed by atoms with Gasteiger partial charge in [-0.25, -0.2) is 31.8 Å². The second kappa shape index (κ2) is 19.5. The maximum absolute atomic E-state index is 13.4. The Bertz CT molecular complexity index is 3530. The number of nitrogens with zero attached hydrogens (tertiary/aromatic N) is 5. The lowest BCUT2D eigenvalue weighted by Crippen LogP contribution is -2.19. The Kier molecular flexibility index (Phi) is 14.1. The number of alkyl halides is 6. The molecule has 0 amide bonds. The highest BCUT2D eigenvalue weighted by molar-refractivity contribution is 7.93. The number of aromatic nitrogens is 6. The Morgan fingerprint density at radius 1 is 0.652 bits per heavy atom. The molecule has 0 aliphatic heterocycles. The van der Waals surface area contributed by atoms with Gasteiger partial charge in [0.05, 0.1) is 42.3 Å². The van der Waals surface area contributed by atoms with Crippen molar-refractivity contribution in [3.63, 3.8) is 0 Å². The Morgan fingerprint density at radius 3 is 1.58 bits per heavy atom. The summed E-state index contributed by atoms with van der Waals surface area (Å²) in [5.74, 6) is -0.628. The lowest BCUT2D eigenvalue weighted by molar-refractivity contribution is -0.139. The van der Waals surface area contributed by atoms with Crippen molar-refractivity contribution < 1.29 is 52.8 Å². The van der Waals surface area contributed by atoms with Crippen LogP contribution in [-0.2, 0) is 37.2 Å². The Hall–Kier alpha value is -7.08. The number of carbonyl (C=O) groups excluding carboxylic acids is 1. The average molecular weight is 1030 g/mol. The summed E-state index contributed by atoms with van der Waals surface area (Å²) in [6.07, 6.45) is -0.820. The molecular formula is C44H33Cl2F6N9O6S2. The van der Waals surface area contributed by atoms with Crippen LogP contribution in [-0.4, -0.2) is 64.8 Å². The molecule has 4 N–H and O–H groups in total. The van der Waals surface area contributed by atoms with Crippen molar-refractivity contribution in [3.05, 3.63) is 165 Å². The van der Waals surface area contributed by atoms with Gasteiger partial charge in [0.25, 0.3) is 20.0 Å². The summed E-state index contributed by atoms with van der Waals surface area (Å²) in [6.45, 7) is 4.40. The van der Waals surface area contributed by atoms with Crippen LogP contribution in [0.25, 0.3) is 22.1 Å². The molecule has 8 aromatic rings. The van der Waals surface area contributed by atoms with E-state index in [1.165, 1.54) is 44.6 Å². The molecule has 0 aliphatic carbocycles. The monoisotopic (exact) mass is 1030 g/mol. The minimum atomic E-state index is -4.74. The number of nitrogens with one attached hydrogen (secondary N) is 4. The van der Waals surface area contributed by atoms with Crippen LogP contribution in [0.5, 0.6) is 0 Å². The number of carbonyl (C=O) groups is 1. The van der Waals surface area contributed by atoms with E-state index in [4.69, 9.17) is 28.0 Å². The number of anilines is 2. The van der Waals surface area contributed by atoms with Crippen molar-refractivity contribution in [2.24, 2.45) is 5.16 Å². The number of sulfonamides is 2. The predicted octanol–water partition coefficient (Wildman–Crippen LogP) is 10.5. The van der Waals surface area contributed by atoms with Gasteiger partial charge in [-0.05, 0) is 92.6 Å². The largest absolute Gasteiger partial charge is 0.416 e. The standard InChI is InChI=1S/C23H19ClF3N5O3S.C21H14ClF3N4O3S/c1-3-35-31-20(16-6-8-28-22-17(16)7-9-29-22)21-19(10-14(24)12-30-21)32-36(33,34)15-5-4-13(2)18(11-15)23(25,26)27;1-11-2-3-13(9-16(11)21(23,24)25)33(31,32)29-17-8-12(22)10-28-18(17)19(30)14-4-6-26-20-15(14)5-7-27-20/h4-12,32H,3H2,1-2H3,(H,28,29);2-10,29H,1H3,(H,26,27). The Morgan fingerprint density at radius 2 is 1.10 bits per heavy atom. The number of benzene rings is 2. The van der Waals surface area contributed by atoms with Gasteiger partial charge in [-0.3, -0.25) is 19.2 Å². The molecule has 0 spiro atoms. The van der Waals surface area contributed by atoms with Crippen LogP contribution in [0, 0.1) is 13.8 Å². The van der Waals surface area contributed by atoms with Gasteiger partial charge in [-0.1, -0.05) is 40.5 Å². The molecule has 6 heterocycles. The molecule has 0 aliphatic rings. The van der Waals surface area contributed by atoms with Crippen LogP contribution >= 0.6 is 23.2 Å². The SMILES string of the molecule is CCON=C(c1ncc(Cl)cc1NS(=O)(=O)c1ccc(C)c(C(F)(F)F)c1)c1ccnc2[nH]ccc12.Cc1ccc(S(=O)(=O)Nc2cc(Cl)cnc2C(=O)c2ccnc3[nH]ccc23)cc1C(F)(F)F. The van der Waals surface area contributed by atoms with Crippen LogP contribution in [0.4, 0.5) is 37.7 Å². The summed E-state index contributed by atoms with van der Waals surface area (Å²) in [7, 11) is -9.00. The zero-order chi connectivity index (χ0) is 50.1. The molecule has 2 aromatic carbocycles. The topological polar surface area (TPSA) is 214 Å². The van der Waals surface area contributed by atoms with Crippen molar-refractivity contribution in [3.8, 4) is 0 Å². The molecule has 0 radical (unpaired) electrons. The van der Waals surface area contributed by atoms with E-state index in [2.05, 4.69) is 44.5 Å². The summed E-state index contributed by atoms with van der Waals surface area (Å²) in [6, 6.07) is 14.3. The first-order valence-corrected chi connectivity index (χ1v) is 23.5. The molecule has 25 heteroatoms. The molecule has 6 aromatic heterocycles. The van der Waals surface area contributed by atoms with Gasteiger partial charge < -0.3 is 14.8 Å². The van der Waals surface area contributed by atoms with Gasteiger partial charge in [-0.15, -0.1) is 0 Å². The number of hydrogen-bond acceptors (Lipinski definition) is 11. The highest BCUT2D eigenvalue weighted by Crippen LogP contribution is 2.36. The lowest BCUT2D eigenvalue weighted by atomic mass is 10.0. The summed E-state index contributed by atoms with van der Waals surface area (Å²) >= 11 is 12.1. The van der Waals surface area contributed by atoms with E-state index in [1.807, 2.05) is 0 Å². The number of fused-ring (bicyclic) bond motifs is 2. The fraction of sp³-hybridized carbons (Fsp3) is 0.136. The van der Waals surface area contributed by atoms with E-state index >= 15 is 0 Å². The number of oxime groups is 1. The summed E-state index contributed by atoms with van der Waals surface area (Å²) < 4.78 is 137. The summed E-state index contributed by atoms with van der Waals surface area (Å²) in [5, 5.41) is 5.41. The zero-order valence-electron chi connectivity index (χ0n) is 35.6. The van der Waals surface area contributed by atoms with Crippen molar-refractivity contribution in [1.82, 2.24) is 29.9 Å². The highest BCUT2D eigenvalue weighted by Gasteiger charge is 2.35. The van der Waals surface area contributed by atoms with E-state index in [0.717, 1.165) is 36.5 Å². The minimum Gasteiger partial charge on any atom is -0.396 e. The van der Waals surface area contributed by atoms with Crippen molar-refractivity contribution in [2.45, 2.75) is 42.9 Å². The number of aryl methyl sites for hydroxylation is 2. The molecule has 0 atom stereocenters. The number of rotatable bonds is 12. The number of halogens is 8. The number of pyridine rings is 4. The third kappa shape index (κ3) is 11.0. The van der Waals surface area contributed by atoms with E-state index in [0.29, 0.717) is 39.8 Å². The quantitative estimate of drug-likeness (QED) is 0.0393. The molecule has 0 bridgehead atoms. The molecule has 0 unspecified atom stereocenters. The molecule has 69 heavy (non-hydrogen) atoms. The van der Waals surface area contributed by atoms with Crippen LogP contribution in [0.1, 0.15) is 56.5 Å². The average Bonchev–Trinajstić information content (AvgIpc) is 3.97. The maximum Gasteiger partial charge on any atom is 0.416 e. The highest BCUT2D eigenvalue weighted by atomic mass is 35.5. The minimum absolute atomic E-state index is 0.0191. The van der Waals surface area contributed by atoms with Crippen molar-refractivity contribution >= 4 is 88.2 Å². The van der Waals surface area contributed by atoms with Crippen molar-refractivity contribution in [2.75, 3.05) is 16.1 Å². The second-order valence-electron chi connectivity index (χ2n) is 14.6. The van der Waals surface area contributed by atoms with Gasteiger partial charge in [0, 0.05) is 59.1 Å². The van der Waals surface area contributed by atoms with Crippen LogP contribution < -0.4 is 9.44 Å². The van der Waals surface area contributed by atoms with Crippen LogP contribution in [0.3, 0.4) is 0 Å². The molecule has 0 saturated carbocycles. The Labute approximate surface area is 398 Å². The van der Waals surface area contributed by atoms with Gasteiger partial charge in [0.2, 0.25) is 5.78 Å². The fourth-order valence-corrected chi connectivity index (χ4v) is 9.24. The molecule has 15 nitrogen and oxygen atoms in total. The molecule has 358 valence electrons.